The molecular weight excluding hydrogens is 350 g/mol. The highest BCUT2D eigenvalue weighted by atomic mass is 16.5. The molecule has 28 heavy (non-hydrogen) atoms. The van der Waals surface area contributed by atoms with Crippen molar-refractivity contribution in [3.8, 4) is 5.75 Å². The molecule has 5 nitrogen and oxygen atoms in total. The van der Waals surface area contributed by atoms with E-state index in [1.165, 1.54) is 17.7 Å². The van der Waals surface area contributed by atoms with Gasteiger partial charge in [-0.25, -0.2) is 0 Å². The van der Waals surface area contributed by atoms with E-state index in [-0.39, 0.29) is 12.0 Å². The Bertz CT molecular complexity index is 839. The van der Waals surface area contributed by atoms with Gasteiger partial charge >= 0.3 is 0 Å². The Morgan fingerprint density at radius 3 is 2.50 bits per heavy atom. The molecule has 2 aromatic carbocycles. The van der Waals surface area contributed by atoms with Crippen LogP contribution in [0.5, 0.6) is 5.75 Å². The van der Waals surface area contributed by atoms with Gasteiger partial charge in [0, 0.05) is 37.6 Å². The van der Waals surface area contributed by atoms with Gasteiger partial charge in [0.15, 0.2) is 0 Å². The van der Waals surface area contributed by atoms with Gasteiger partial charge < -0.3 is 19.9 Å². The van der Waals surface area contributed by atoms with Crippen molar-refractivity contribution >= 4 is 17.3 Å². The van der Waals surface area contributed by atoms with Gasteiger partial charge in [0.2, 0.25) is 0 Å². The summed E-state index contributed by atoms with van der Waals surface area (Å²) in [7, 11) is 2.16. The minimum absolute atomic E-state index is 0.123. The van der Waals surface area contributed by atoms with E-state index < -0.39 is 0 Å². The molecule has 0 aromatic heterocycles. The molecule has 148 valence electrons. The Morgan fingerprint density at radius 2 is 1.82 bits per heavy atom. The molecule has 2 aromatic rings. The smallest absolute Gasteiger partial charge is 0.259 e. The summed E-state index contributed by atoms with van der Waals surface area (Å²) in [5.41, 5.74) is 3.84. The second kappa shape index (κ2) is 8.23. The number of carbonyl (C=O) groups excluding carboxylic acids is 1. The molecule has 4 rings (SSSR count). The highest BCUT2D eigenvalue weighted by Crippen LogP contribution is 2.29. The number of ether oxygens (including phenoxy) is 1. The van der Waals surface area contributed by atoms with Gasteiger partial charge in [0.25, 0.3) is 5.91 Å². The van der Waals surface area contributed by atoms with Crippen molar-refractivity contribution in [2.24, 2.45) is 0 Å². The minimum Gasteiger partial charge on any atom is -0.490 e. The summed E-state index contributed by atoms with van der Waals surface area (Å²) in [5.74, 6) is 0.553. The molecule has 2 aliphatic rings. The number of rotatable bonds is 5. The maximum Gasteiger partial charge on any atom is 0.259 e. The zero-order valence-corrected chi connectivity index (χ0v) is 16.8. The lowest BCUT2D eigenvalue weighted by atomic mass is 9.96. The number of anilines is 2. The van der Waals surface area contributed by atoms with Crippen LogP contribution in [0.1, 0.15) is 35.2 Å². The van der Waals surface area contributed by atoms with Crippen LogP contribution in [0.2, 0.25) is 0 Å². The van der Waals surface area contributed by atoms with Crippen molar-refractivity contribution in [3.05, 3.63) is 53.6 Å². The second-order valence-electron chi connectivity index (χ2n) is 7.91. The van der Waals surface area contributed by atoms with Crippen LogP contribution in [0.3, 0.4) is 0 Å². The van der Waals surface area contributed by atoms with Crippen molar-refractivity contribution in [2.75, 3.05) is 43.4 Å². The fourth-order valence-corrected chi connectivity index (χ4v) is 3.76. The van der Waals surface area contributed by atoms with E-state index in [0.29, 0.717) is 11.3 Å². The molecular formula is C23H29N3O2. The number of likely N-dealkylation sites (N-methyl/N-ethyl adjacent to an activating group) is 1. The summed E-state index contributed by atoms with van der Waals surface area (Å²) in [6.07, 6.45) is 3.60. The maximum absolute atomic E-state index is 12.8. The Kier molecular flexibility index (Phi) is 5.53. The first-order valence-electron chi connectivity index (χ1n) is 10.2. The number of para-hydroxylation sites is 1. The van der Waals surface area contributed by atoms with Crippen LogP contribution in [-0.2, 0) is 0 Å². The number of piperazine rings is 1. The summed E-state index contributed by atoms with van der Waals surface area (Å²) in [5, 5.41) is 3.04. The summed E-state index contributed by atoms with van der Waals surface area (Å²) in [4.78, 5) is 17.6. The molecule has 1 saturated carbocycles. The Morgan fingerprint density at radius 1 is 1.07 bits per heavy atom. The first-order valence-corrected chi connectivity index (χ1v) is 10.2. The van der Waals surface area contributed by atoms with Crippen molar-refractivity contribution in [2.45, 2.75) is 32.3 Å². The average Bonchev–Trinajstić information content (AvgIpc) is 2.66. The number of nitrogens with one attached hydrogen (secondary N) is 1. The molecule has 0 atom stereocenters. The van der Waals surface area contributed by atoms with Crippen LogP contribution >= 0.6 is 0 Å². The van der Waals surface area contributed by atoms with Crippen molar-refractivity contribution in [1.82, 2.24) is 4.90 Å². The third-order valence-corrected chi connectivity index (χ3v) is 5.78. The zero-order valence-electron chi connectivity index (χ0n) is 16.8. The lowest BCUT2D eigenvalue weighted by Crippen LogP contribution is -2.44. The van der Waals surface area contributed by atoms with Crippen LogP contribution in [-0.4, -0.2) is 50.1 Å². The van der Waals surface area contributed by atoms with Crippen LogP contribution in [0.25, 0.3) is 0 Å². The van der Waals surface area contributed by atoms with Crippen molar-refractivity contribution in [3.63, 3.8) is 0 Å². The van der Waals surface area contributed by atoms with E-state index in [0.717, 1.165) is 44.7 Å². The molecule has 2 fully saturated rings. The third kappa shape index (κ3) is 4.14. The highest BCUT2D eigenvalue weighted by molar-refractivity contribution is 6.06. The van der Waals surface area contributed by atoms with E-state index in [2.05, 4.69) is 41.2 Å². The number of amides is 1. The standard InChI is InChI=1S/C23H29N3O2/c1-17-16-18(10-11-21(17)26-14-12-25(2)13-15-26)24-23(27)20-8-3-4-9-22(20)28-19-6-5-7-19/h3-4,8-11,16,19H,5-7,12-15H2,1-2H3,(H,24,27). The van der Waals surface area contributed by atoms with Gasteiger partial charge in [-0.15, -0.1) is 0 Å². The number of carbonyl (C=O) groups is 1. The van der Waals surface area contributed by atoms with Crippen molar-refractivity contribution < 1.29 is 9.53 Å². The molecule has 1 N–H and O–H groups in total. The first kappa shape index (κ1) is 18.8. The summed E-state index contributed by atoms with van der Waals surface area (Å²) < 4.78 is 6.00. The molecule has 1 saturated heterocycles. The highest BCUT2D eigenvalue weighted by Gasteiger charge is 2.22. The van der Waals surface area contributed by atoms with E-state index in [1.807, 2.05) is 30.3 Å². The van der Waals surface area contributed by atoms with Crippen molar-refractivity contribution in [1.29, 1.82) is 0 Å². The maximum atomic E-state index is 12.8. The minimum atomic E-state index is -0.123. The quantitative estimate of drug-likeness (QED) is 0.855. The topological polar surface area (TPSA) is 44.8 Å². The summed E-state index contributed by atoms with van der Waals surface area (Å²) in [6, 6.07) is 13.7. The Labute approximate surface area is 167 Å². The zero-order chi connectivity index (χ0) is 19.5. The third-order valence-electron chi connectivity index (χ3n) is 5.78. The van der Waals surface area contributed by atoms with E-state index in [4.69, 9.17) is 4.74 Å². The molecule has 1 aliphatic carbocycles. The van der Waals surface area contributed by atoms with Gasteiger partial charge in [-0.05, 0) is 69.1 Å². The molecule has 0 spiro atoms. The monoisotopic (exact) mass is 379 g/mol. The largest absolute Gasteiger partial charge is 0.490 e. The molecule has 0 unspecified atom stereocenters. The van der Waals surface area contributed by atoms with Gasteiger partial charge in [-0.3, -0.25) is 4.79 Å². The molecule has 1 aliphatic heterocycles. The average molecular weight is 380 g/mol. The lowest BCUT2D eigenvalue weighted by Gasteiger charge is -2.35. The normalized spacial score (nSPS) is 17.9. The van der Waals surface area contributed by atoms with E-state index in [9.17, 15) is 4.79 Å². The second-order valence-corrected chi connectivity index (χ2v) is 7.91. The summed E-state index contributed by atoms with van der Waals surface area (Å²) >= 11 is 0. The molecule has 5 heteroatoms. The predicted octanol–water partition coefficient (Wildman–Crippen LogP) is 3.93. The van der Waals surface area contributed by atoms with Crippen LogP contribution in [0, 0.1) is 6.92 Å². The van der Waals surface area contributed by atoms with E-state index >= 15 is 0 Å². The van der Waals surface area contributed by atoms with Crippen LogP contribution in [0.15, 0.2) is 42.5 Å². The van der Waals surface area contributed by atoms with Gasteiger partial charge in [-0.2, -0.15) is 0 Å². The number of benzene rings is 2. The fraction of sp³-hybridized carbons (Fsp3) is 0.435. The van der Waals surface area contributed by atoms with E-state index in [1.54, 1.807) is 0 Å². The molecule has 0 bridgehead atoms. The van der Waals surface area contributed by atoms with Gasteiger partial charge in [0.05, 0.1) is 11.7 Å². The number of nitrogens with zero attached hydrogens (tertiary/aromatic N) is 2. The number of hydrogen-bond donors (Lipinski definition) is 1. The van der Waals surface area contributed by atoms with Crippen LogP contribution in [0.4, 0.5) is 11.4 Å². The predicted molar refractivity (Wildman–Crippen MR) is 114 cm³/mol. The first-order chi connectivity index (χ1) is 13.6. The number of hydrogen-bond acceptors (Lipinski definition) is 4. The van der Waals surface area contributed by atoms with Gasteiger partial charge in [0.1, 0.15) is 5.75 Å². The molecule has 1 amide bonds. The lowest BCUT2D eigenvalue weighted by molar-refractivity contribution is 0.0992. The Balaban J connectivity index is 1.45. The molecule has 1 heterocycles. The van der Waals surface area contributed by atoms with Gasteiger partial charge in [-0.1, -0.05) is 12.1 Å². The number of aryl methyl sites for hydroxylation is 1. The fourth-order valence-electron chi connectivity index (χ4n) is 3.76. The SMILES string of the molecule is Cc1cc(NC(=O)c2ccccc2OC2CCC2)ccc1N1CCN(C)CC1. The van der Waals surface area contributed by atoms with Crippen LogP contribution < -0.4 is 15.0 Å². The molecule has 0 radical (unpaired) electrons. The summed E-state index contributed by atoms with van der Waals surface area (Å²) in [6.45, 7) is 6.34. The Hall–Kier alpha value is -2.53.